The third kappa shape index (κ3) is 2.97. The second-order valence-corrected chi connectivity index (χ2v) is 3.68. The van der Waals surface area contributed by atoms with Gasteiger partial charge in [-0.3, -0.25) is 0 Å². The molecule has 0 aromatic carbocycles. The maximum atomic E-state index is 10.3. The van der Waals surface area contributed by atoms with Crippen LogP contribution in [0.4, 0.5) is 0 Å². The van der Waals surface area contributed by atoms with Crippen molar-refractivity contribution in [2.45, 2.75) is 25.9 Å². The Labute approximate surface area is 78.2 Å². The van der Waals surface area contributed by atoms with Crippen molar-refractivity contribution in [2.24, 2.45) is 5.92 Å². The Morgan fingerprint density at radius 1 is 1.62 bits per heavy atom. The number of carboxylic acids is 1. The van der Waals surface area contributed by atoms with Crippen molar-refractivity contribution in [3.05, 3.63) is 0 Å². The predicted octanol–water partition coefficient (Wildman–Crippen LogP) is 0.164. The Bertz CT molecular complexity index is 178. The summed E-state index contributed by atoms with van der Waals surface area (Å²) in [5, 5.41) is 17.4. The highest BCUT2D eigenvalue weighted by Crippen LogP contribution is 2.18. The van der Waals surface area contributed by atoms with Crippen molar-refractivity contribution < 1.29 is 15.0 Å². The van der Waals surface area contributed by atoms with E-state index in [0.717, 1.165) is 19.0 Å². The fourth-order valence-electron chi connectivity index (χ4n) is 1.55. The van der Waals surface area contributed by atoms with Crippen LogP contribution < -0.4 is 0 Å². The van der Waals surface area contributed by atoms with E-state index in [1.54, 1.807) is 0 Å². The Morgan fingerprint density at radius 2 is 2.23 bits per heavy atom. The van der Waals surface area contributed by atoms with Crippen LogP contribution in [0.2, 0.25) is 0 Å². The van der Waals surface area contributed by atoms with Gasteiger partial charge in [-0.1, -0.05) is 13.3 Å². The third-order valence-corrected chi connectivity index (χ3v) is 2.61. The van der Waals surface area contributed by atoms with Crippen molar-refractivity contribution in [2.75, 3.05) is 19.6 Å². The average molecular weight is 187 g/mol. The largest absolute Gasteiger partial charge is 0.479 e. The molecule has 1 heterocycles. The van der Waals surface area contributed by atoms with E-state index in [2.05, 4.69) is 11.8 Å². The van der Waals surface area contributed by atoms with Gasteiger partial charge in [0, 0.05) is 19.6 Å². The van der Waals surface area contributed by atoms with E-state index in [1.165, 1.54) is 6.42 Å². The van der Waals surface area contributed by atoms with Gasteiger partial charge >= 0.3 is 5.97 Å². The third-order valence-electron chi connectivity index (χ3n) is 2.61. The minimum atomic E-state index is -1.19. The molecule has 4 heteroatoms. The Morgan fingerprint density at radius 3 is 2.69 bits per heavy atom. The molecule has 0 radical (unpaired) electrons. The molecule has 1 atom stereocenters. The first-order valence-electron chi connectivity index (χ1n) is 4.76. The quantitative estimate of drug-likeness (QED) is 0.644. The maximum absolute atomic E-state index is 10.3. The molecule has 1 aliphatic rings. The van der Waals surface area contributed by atoms with E-state index in [4.69, 9.17) is 10.2 Å². The molecule has 0 aromatic heterocycles. The van der Waals surface area contributed by atoms with Gasteiger partial charge in [0.2, 0.25) is 0 Å². The highest BCUT2D eigenvalue weighted by molar-refractivity contribution is 5.71. The van der Waals surface area contributed by atoms with E-state index in [9.17, 15) is 4.79 Å². The lowest BCUT2D eigenvalue weighted by Crippen LogP contribution is -2.47. The van der Waals surface area contributed by atoms with E-state index >= 15 is 0 Å². The van der Waals surface area contributed by atoms with Gasteiger partial charge in [-0.25, -0.2) is 4.79 Å². The van der Waals surface area contributed by atoms with Crippen LogP contribution in [0.25, 0.3) is 0 Å². The standard InChI is InChI=1S/C9H17NO3/c1-2-7-5-10(6-7)4-3-8(11)9(12)13/h7-8,11H,2-6H2,1H3,(H,12,13). The van der Waals surface area contributed by atoms with Gasteiger partial charge in [-0.2, -0.15) is 0 Å². The molecule has 76 valence electrons. The van der Waals surface area contributed by atoms with Gasteiger partial charge < -0.3 is 15.1 Å². The van der Waals surface area contributed by atoms with Crippen LogP contribution in [-0.2, 0) is 4.79 Å². The molecule has 4 nitrogen and oxygen atoms in total. The highest BCUT2D eigenvalue weighted by Gasteiger charge is 2.25. The van der Waals surface area contributed by atoms with Crippen LogP contribution >= 0.6 is 0 Å². The molecule has 0 bridgehead atoms. The van der Waals surface area contributed by atoms with Gasteiger partial charge in [0.25, 0.3) is 0 Å². The minimum absolute atomic E-state index is 0.339. The highest BCUT2D eigenvalue weighted by atomic mass is 16.4. The lowest BCUT2D eigenvalue weighted by Gasteiger charge is -2.39. The van der Waals surface area contributed by atoms with E-state index < -0.39 is 12.1 Å². The van der Waals surface area contributed by atoms with E-state index in [-0.39, 0.29) is 0 Å². The lowest BCUT2D eigenvalue weighted by molar-refractivity contribution is -0.147. The number of rotatable bonds is 5. The minimum Gasteiger partial charge on any atom is -0.479 e. The zero-order valence-electron chi connectivity index (χ0n) is 7.94. The SMILES string of the molecule is CCC1CN(CCC(O)C(=O)O)C1. The van der Waals surface area contributed by atoms with Gasteiger partial charge in [0.15, 0.2) is 6.10 Å². The maximum Gasteiger partial charge on any atom is 0.332 e. The molecule has 0 saturated carbocycles. The molecule has 0 spiro atoms. The summed E-state index contributed by atoms with van der Waals surface area (Å²) in [6, 6.07) is 0. The molecule has 0 aliphatic carbocycles. The molecule has 1 rings (SSSR count). The van der Waals surface area contributed by atoms with E-state index in [0.29, 0.717) is 13.0 Å². The normalized spacial score (nSPS) is 21.1. The number of likely N-dealkylation sites (tertiary alicyclic amines) is 1. The fourth-order valence-corrected chi connectivity index (χ4v) is 1.55. The molecular weight excluding hydrogens is 170 g/mol. The second-order valence-electron chi connectivity index (χ2n) is 3.68. The molecule has 1 fully saturated rings. The smallest absolute Gasteiger partial charge is 0.332 e. The van der Waals surface area contributed by atoms with Crippen LogP contribution in [0.5, 0.6) is 0 Å². The van der Waals surface area contributed by atoms with Crippen LogP contribution in [0, 0.1) is 5.92 Å². The molecular formula is C9H17NO3. The number of aliphatic hydroxyl groups is 1. The Kier molecular flexibility index (Phi) is 3.69. The van der Waals surface area contributed by atoms with Gasteiger partial charge in [-0.05, 0) is 12.3 Å². The van der Waals surface area contributed by atoms with Crippen LogP contribution in [0.3, 0.4) is 0 Å². The van der Waals surface area contributed by atoms with Crippen molar-refractivity contribution in [1.82, 2.24) is 4.90 Å². The summed E-state index contributed by atoms with van der Waals surface area (Å²) in [5.41, 5.74) is 0. The molecule has 13 heavy (non-hydrogen) atoms. The van der Waals surface area contributed by atoms with Gasteiger partial charge in [-0.15, -0.1) is 0 Å². The molecule has 1 saturated heterocycles. The fraction of sp³-hybridized carbons (Fsp3) is 0.889. The van der Waals surface area contributed by atoms with Crippen molar-refractivity contribution in [3.8, 4) is 0 Å². The molecule has 2 N–H and O–H groups in total. The molecule has 1 unspecified atom stereocenters. The summed E-state index contributed by atoms with van der Waals surface area (Å²) in [6.45, 7) is 4.98. The number of carbonyl (C=O) groups is 1. The average Bonchev–Trinajstić information content (AvgIpc) is 2.01. The Balaban J connectivity index is 2.05. The van der Waals surface area contributed by atoms with Crippen molar-refractivity contribution in [3.63, 3.8) is 0 Å². The van der Waals surface area contributed by atoms with Gasteiger partial charge in [0.1, 0.15) is 0 Å². The molecule has 0 amide bonds. The topological polar surface area (TPSA) is 60.8 Å². The van der Waals surface area contributed by atoms with Crippen molar-refractivity contribution in [1.29, 1.82) is 0 Å². The monoisotopic (exact) mass is 187 g/mol. The summed E-state index contributed by atoms with van der Waals surface area (Å²) < 4.78 is 0. The van der Waals surface area contributed by atoms with Crippen LogP contribution in [0.1, 0.15) is 19.8 Å². The predicted molar refractivity (Wildman–Crippen MR) is 48.5 cm³/mol. The van der Waals surface area contributed by atoms with Crippen molar-refractivity contribution >= 4 is 5.97 Å². The van der Waals surface area contributed by atoms with Crippen LogP contribution in [-0.4, -0.2) is 46.8 Å². The first-order chi connectivity index (χ1) is 6.13. The molecule has 0 aromatic rings. The Hall–Kier alpha value is -0.610. The summed E-state index contributed by atoms with van der Waals surface area (Å²) in [4.78, 5) is 12.5. The molecule has 1 aliphatic heterocycles. The summed E-state index contributed by atoms with van der Waals surface area (Å²) >= 11 is 0. The summed E-state index contributed by atoms with van der Waals surface area (Å²) in [6.07, 6.45) is 0.338. The zero-order chi connectivity index (χ0) is 9.84. The van der Waals surface area contributed by atoms with Crippen LogP contribution in [0.15, 0.2) is 0 Å². The zero-order valence-corrected chi connectivity index (χ0v) is 7.94. The number of aliphatic hydroxyl groups excluding tert-OH is 1. The number of nitrogens with zero attached hydrogens (tertiary/aromatic N) is 1. The second kappa shape index (κ2) is 4.58. The lowest BCUT2D eigenvalue weighted by atomic mass is 9.97. The van der Waals surface area contributed by atoms with Gasteiger partial charge in [0.05, 0.1) is 0 Å². The number of hydrogen-bond donors (Lipinski definition) is 2. The summed E-state index contributed by atoms with van der Waals surface area (Å²) in [5.74, 6) is -0.338. The summed E-state index contributed by atoms with van der Waals surface area (Å²) in [7, 11) is 0. The number of hydrogen-bond acceptors (Lipinski definition) is 3. The number of carboxylic acid groups (broad SMARTS) is 1. The van der Waals surface area contributed by atoms with E-state index in [1.807, 2.05) is 0 Å². The number of aliphatic carboxylic acids is 1. The first-order valence-corrected chi connectivity index (χ1v) is 4.76. The first kappa shape index (κ1) is 10.5.